The lowest BCUT2D eigenvalue weighted by atomic mass is 9.65. The molecule has 0 aromatic heterocycles. The summed E-state index contributed by atoms with van der Waals surface area (Å²) in [4.78, 5) is 12.1. The minimum Gasteiger partial charge on any atom is -0.330 e. The lowest BCUT2D eigenvalue weighted by Crippen LogP contribution is -2.39. The fourth-order valence-corrected chi connectivity index (χ4v) is 2.75. The number of rotatable bonds is 5. The summed E-state index contributed by atoms with van der Waals surface area (Å²) in [5.74, 6) is 0.336. The monoisotopic (exact) mass is 245 g/mol. The summed E-state index contributed by atoms with van der Waals surface area (Å²) in [6, 6.07) is 6.29. The topological polar surface area (TPSA) is 43.1 Å². The van der Waals surface area contributed by atoms with Crippen LogP contribution in [0.5, 0.6) is 0 Å². The summed E-state index contributed by atoms with van der Waals surface area (Å²) < 4.78 is 0. The van der Waals surface area contributed by atoms with E-state index in [9.17, 15) is 4.79 Å². The maximum atomic E-state index is 12.1. The predicted octanol–water partition coefficient (Wildman–Crippen LogP) is 2.93. The van der Waals surface area contributed by atoms with Crippen molar-refractivity contribution in [2.24, 2.45) is 11.1 Å². The highest BCUT2D eigenvalue weighted by atomic mass is 16.1. The lowest BCUT2D eigenvalue weighted by Gasteiger charge is -2.40. The van der Waals surface area contributed by atoms with Crippen molar-refractivity contribution in [1.29, 1.82) is 0 Å². The second-order valence-corrected chi connectivity index (χ2v) is 5.87. The Morgan fingerprint density at radius 2 is 2.00 bits per heavy atom. The van der Waals surface area contributed by atoms with Crippen LogP contribution in [-0.2, 0) is 11.2 Å². The molecular formula is C16H23NO. The molecule has 2 N–H and O–H groups in total. The van der Waals surface area contributed by atoms with Gasteiger partial charge < -0.3 is 5.73 Å². The van der Waals surface area contributed by atoms with Crippen LogP contribution in [0.3, 0.4) is 0 Å². The summed E-state index contributed by atoms with van der Waals surface area (Å²) in [7, 11) is 0. The van der Waals surface area contributed by atoms with E-state index in [4.69, 9.17) is 5.73 Å². The zero-order chi connectivity index (χ0) is 13.2. The average Bonchev–Trinajstić information content (AvgIpc) is 2.29. The van der Waals surface area contributed by atoms with E-state index in [2.05, 4.69) is 32.0 Å². The number of carbonyl (C=O) groups excluding carboxylic acids is 1. The normalized spacial score (nSPS) is 17.3. The molecule has 1 saturated carbocycles. The van der Waals surface area contributed by atoms with Crippen molar-refractivity contribution in [3.05, 3.63) is 34.9 Å². The van der Waals surface area contributed by atoms with Gasteiger partial charge in [0.2, 0.25) is 0 Å². The van der Waals surface area contributed by atoms with Crippen LogP contribution in [0.2, 0.25) is 0 Å². The SMILES string of the molecule is Cc1ccc(CC(=O)CC2(CN)CCC2)cc1C. The highest BCUT2D eigenvalue weighted by Gasteiger charge is 2.37. The number of benzene rings is 1. The van der Waals surface area contributed by atoms with Crippen LogP contribution in [0.15, 0.2) is 18.2 Å². The van der Waals surface area contributed by atoms with Gasteiger partial charge in [0.05, 0.1) is 0 Å². The Labute approximate surface area is 110 Å². The van der Waals surface area contributed by atoms with Gasteiger partial charge in [-0.1, -0.05) is 24.6 Å². The summed E-state index contributed by atoms with van der Waals surface area (Å²) >= 11 is 0. The molecule has 2 heteroatoms. The molecule has 2 nitrogen and oxygen atoms in total. The molecule has 1 aromatic rings. The smallest absolute Gasteiger partial charge is 0.137 e. The zero-order valence-corrected chi connectivity index (χ0v) is 11.5. The van der Waals surface area contributed by atoms with Crippen molar-refractivity contribution in [3.8, 4) is 0 Å². The van der Waals surface area contributed by atoms with E-state index >= 15 is 0 Å². The van der Waals surface area contributed by atoms with Gasteiger partial charge in [-0.05, 0) is 55.3 Å². The second kappa shape index (κ2) is 5.23. The second-order valence-electron chi connectivity index (χ2n) is 5.87. The van der Waals surface area contributed by atoms with Gasteiger partial charge in [-0.15, -0.1) is 0 Å². The minimum absolute atomic E-state index is 0.136. The molecule has 0 saturated heterocycles. The molecule has 0 bridgehead atoms. The Kier molecular flexibility index (Phi) is 3.86. The van der Waals surface area contributed by atoms with Crippen molar-refractivity contribution in [2.45, 2.75) is 46.0 Å². The highest BCUT2D eigenvalue weighted by Crippen LogP contribution is 2.43. The van der Waals surface area contributed by atoms with Crippen molar-refractivity contribution >= 4 is 5.78 Å². The van der Waals surface area contributed by atoms with Crippen molar-refractivity contribution < 1.29 is 4.79 Å². The van der Waals surface area contributed by atoms with Crippen LogP contribution in [0.4, 0.5) is 0 Å². The van der Waals surface area contributed by atoms with Gasteiger partial charge in [0, 0.05) is 12.8 Å². The average molecular weight is 245 g/mol. The van der Waals surface area contributed by atoms with E-state index in [1.54, 1.807) is 0 Å². The van der Waals surface area contributed by atoms with E-state index < -0.39 is 0 Å². The molecule has 0 atom stereocenters. The van der Waals surface area contributed by atoms with Gasteiger partial charge in [0.15, 0.2) is 0 Å². The Hall–Kier alpha value is -1.15. The number of nitrogens with two attached hydrogens (primary N) is 1. The number of hydrogen-bond acceptors (Lipinski definition) is 2. The van der Waals surface area contributed by atoms with Gasteiger partial charge in [0.25, 0.3) is 0 Å². The Bertz CT molecular complexity index is 441. The number of aryl methyl sites for hydroxylation is 2. The number of hydrogen-bond donors (Lipinski definition) is 1. The first kappa shape index (κ1) is 13.3. The number of ketones is 1. The van der Waals surface area contributed by atoms with Crippen molar-refractivity contribution in [3.63, 3.8) is 0 Å². The van der Waals surface area contributed by atoms with Crippen LogP contribution >= 0.6 is 0 Å². The van der Waals surface area contributed by atoms with Gasteiger partial charge in [-0.2, -0.15) is 0 Å². The third-order valence-corrected chi connectivity index (χ3v) is 4.39. The van der Waals surface area contributed by atoms with Crippen molar-refractivity contribution in [2.75, 3.05) is 6.54 Å². The fraction of sp³-hybridized carbons (Fsp3) is 0.562. The molecule has 0 radical (unpaired) electrons. The summed E-state index contributed by atoms with van der Waals surface area (Å²) in [6.45, 7) is 4.85. The number of carbonyl (C=O) groups is 1. The van der Waals surface area contributed by atoms with Crippen LogP contribution < -0.4 is 5.73 Å². The third kappa shape index (κ3) is 2.81. The maximum Gasteiger partial charge on any atom is 0.137 e. The van der Waals surface area contributed by atoms with Crippen LogP contribution in [-0.4, -0.2) is 12.3 Å². The fourth-order valence-electron chi connectivity index (χ4n) is 2.75. The lowest BCUT2D eigenvalue weighted by molar-refractivity contribution is -0.122. The van der Waals surface area contributed by atoms with Crippen LogP contribution in [0, 0.1) is 19.3 Å². The van der Waals surface area contributed by atoms with E-state index in [1.807, 2.05) is 0 Å². The molecule has 1 aliphatic carbocycles. The molecule has 2 rings (SSSR count). The predicted molar refractivity (Wildman–Crippen MR) is 74.6 cm³/mol. The van der Waals surface area contributed by atoms with Crippen LogP contribution in [0.25, 0.3) is 0 Å². The summed E-state index contributed by atoms with van der Waals surface area (Å²) in [5, 5.41) is 0. The molecule has 0 amide bonds. The number of Topliss-reactive ketones (excluding diaryl/α,β-unsaturated/α-hetero) is 1. The van der Waals surface area contributed by atoms with E-state index in [-0.39, 0.29) is 5.41 Å². The van der Waals surface area contributed by atoms with Gasteiger partial charge in [0.1, 0.15) is 5.78 Å². The van der Waals surface area contributed by atoms with E-state index in [0.717, 1.165) is 18.4 Å². The zero-order valence-electron chi connectivity index (χ0n) is 11.5. The molecule has 98 valence electrons. The van der Waals surface area contributed by atoms with Crippen molar-refractivity contribution in [1.82, 2.24) is 0 Å². The molecule has 18 heavy (non-hydrogen) atoms. The molecule has 1 aromatic carbocycles. The van der Waals surface area contributed by atoms with E-state index in [0.29, 0.717) is 25.2 Å². The standard InChI is InChI=1S/C16H23NO/c1-12-4-5-14(8-13(12)2)9-15(18)10-16(11-17)6-3-7-16/h4-5,8H,3,6-7,9-11,17H2,1-2H3. The van der Waals surface area contributed by atoms with Crippen LogP contribution in [0.1, 0.15) is 42.4 Å². The minimum atomic E-state index is 0.136. The van der Waals surface area contributed by atoms with Gasteiger partial charge in [-0.25, -0.2) is 0 Å². The molecule has 0 spiro atoms. The molecular weight excluding hydrogens is 222 g/mol. The molecule has 1 fully saturated rings. The maximum absolute atomic E-state index is 12.1. The van der Waals surface area contributed by atoms with Gasteiger partial charge in [-0.3, -0.25) is 4.79 Å². The summed E-state index contributed by atoms with van der Waals surface area (Å²) in [6.07, 6.45) is 4.71. The molecule has 0 unspecified atom stereocenters. The Morgan fingerprint density at radius 3 is 2.50 bits per heavy atom. The van der Waals surface area contributed by atoms with Gasteiger partial charge >= 0.3 is 0 Å². The summed E-state index contributed by atoms with van der Waals surface area (Å²) in [5.41, 5.74) is 9.61. The Balaban J connectivity index is 1.96. The first-order valence-electron chi connectivity index (χ1n) is 6.83. The Morgan fingerprint density at radius 1 is 1.28 bits per heavy atom. The third-order valence-electron chi connectivity index (χ3n) is 4.39. The first-order chi connectivity index (χ1) is 8.54. The molecule has 0 heterocycles. The molecule has 0 aliphatic heterocycles. The van der Waals surface area contributed by atoms with E-state index in [1.165, 1.54) is 17.5 Å². The highest BCUT2D eigenvalue weighted by molar-refractivity contribution is 5.81. The quantitative estimate of drug-likeness (QED) is 0.866. The largest absolute Gasteiger partial charge is 0.330 e. The molecule has 1 aliphatic rings. The first-order valence-corrected chi connectivity index (χ1v) is 6.83.